The highest BCUT2D eigenvalue weighted by atomic mass is 16.1. The van der Waals surface area contributed by atoms with Crippen LogP contribution in [-0.4, -0.2) is 12.5 Å². The number of carbonyl (C=O) groups is 1. The summed E-state index contributed by atoms with van der Waals surface area (Å²) < 4.78 is 0. The molecule has 0 spiro atoms. The van der Waals surface area contributed by atoms with E-state index in [0.717, 1.165) is 24.2 Å². The van der Waals surface area contributed by atoms with Crippen molar-refractivity contribution in [3.05, 3.63) is 0 Å². The van der Waals surface area contributed by atoms with Crippen molar-refractivity contribution in [2.75, 3.05) is 0 Å². The van der Waals surface area contributed by atoms with Crippen molar-refractivity contribution < 1.29 is 4.79 Å². The molecule has 3 rings (SSSR count). The molecular weight excluding hydrogens is 150 g/mol. The molecule has 2 nitrogen and oxygen atoms in total. The number of fused-ring (bicyclic) bond motifs is 2. The Morgan fingerprint density at radius 2 is 2.17 bits per heavy atom. The lowest BCUT2D eigenvalue weighted by Gasteiger charge is -2.50. The van der Waals surface area contributed by atoms with Crippen LogP contribution >= 0.6 is 0 Å². The summed E-state index contributed by atoms with van der Waals surface area (Å²) in [6.07, 6.45) is 6.17. The van der Waals surface area contributed by atoms with Crippen molar-refractivity contribution in [2.24, 2.45) is 17.8 Å². The van der Waals surface area contributed by atoms with Crippen LogP contribution in [0.25, 0.3) is 0 Å². The predicted molar refractivity (Wildman–Crippen MR) is 47.6 cm³/mol. The molecule has 2 atom stereocenters. The van der Waals surface area contributed by atoms with Crippen molar-refractivity contribution in [3.8, 4) is 0 Å². The third-order valence-corrected chi connectivity index (χ3v) is 3.71. The summed E-state index contributed by atoms with van der Waals surface area (Å²) in [5.74, 6) is 2.55. The van der Waals surface area contributed by atoms with E-state index >= 15 is 0 Å². The van der Waals surface area contributed by atoms with Crippen LogP contribution in [0.3, 0.4) is 0 Å². The van der Waals surface area contributed by atoms with Gasteiger partial charge in [-0.1, -0.05) is 13.3 Å². The van der Waals surface area contributed by atoms with Crippen molar-refractivity contribution >= 4 is 6.41 Å². The average molecular weight is 167 g/mol. The van der Waals surface area contributed by atoms with E-state index in [1.165, 1.54) is 25.7 Å². The second-order valence-electron chi connectivity index (χ2n) is 4.31. The molecule has 2 unspecified atom stereocenters. The molecule has 1 N–H and O–H groups in total. The summed E-state index contributed by atoms with van der Waals surface area (Å²) in [5.41, 5.74) is 0. The summed E-state index contributed by atoms with van der Waals surface area (Å²) in [6.45, 7) is 2.23. The largest absolute Gasteiger partial charge is 0.355 e. The van der Waals surface area contributed by atoms with Crippen molar-refractivity contribution in [3.63, 3.8) is 0 Å². The van der Waals surface area contributed by atoms with Gasteiger partial charge in [-0.05, 0) is 37.0 Å². The highest BCUT2D eigenvalue weighted by Gasteiger charge is 2.44. The number of carbonyl (C=O) groups excluding carboxylic acids is 1. The second kappa shape index (κ2) is 3.08. The zero-order valence-corrected chi connectivity index (χ0v) is 7.62. The quantitative estimate of drug-likeness (QED) is 0.635. The maximum atomic E-state index is 10.4. The number of rotatable bonds is 3. The fourth-order valence-corrected chi connectivity index (χ4v) is 3.00. The molecule has 0 aromatic heterocycles. The summed E-state index contributed by atoms with van der Waals surface area (Å²) in [4.78, 5) is 10.4. The SMILES string of the molecule is CCC1CC2CC(C2)C1NC=O. The summed E-state index contributed by atoms with van der Waals surface area (Å²) in [6, 6.07) is 0.498. The maximum Gasteiger partial charge on any atom is 0.207 e. The van der Waals surface area contributed by atoms with Crippen LogP contribution in [0.15, 0.2) is 0 Å². The highest BCUT2D eigenvalue weighted by molar-refractivity contribution is 5.47. The predicted octanol–water partition coefficient (Wildman–Crippen LogP) is 1.56. The maximum absolute atomic E-state index is 10.4. The standard InChI is InChI=1S/C10H17NO/c1-2-8-3-7-4-9(5-7)10(8)11-6-12/h6-10H,2-5H2,1H3,(H,11,12). The first-order valence-corrected chi connectivity index (χ1v) is 5.04. The van der Waals surface area contributed by atoms with Gasteiger partial charge in [0, 0.05) is 6.04 Å². The Hall–Kier alpha value is -0.530. The van der Waals surface area contributed by atoms with Crippen LogP contribution in [-0.2, 0) is 4.79 Å². The molecule has 0 aliphatic heterocycles. The Morgan fingerprint density at radius 1 is 1.42 bits per heavy atom. The molecule has 0 heterocycles. The first-order chi connectivity index (χ1) is 5.85. The molecule has 3 fully saturated rings. The van der Waals surface area contributed by atoms with Gasteiger partial charge < -0.3 is 5.32 Å². The van der Waals surface area contributed by atoms with Gasteiger partial charge in [0.1, 0.15) is 0 Å². The van der Waals surface area contributed by atoms with E-state index in [4.69, 9.17) is 0 Å². The van der Waals surface area contributed by atoms with Gasteiger partial charge in [-0.2, -0.15) is 0 Å². The molecular formula is C10H17NO. The highest BCUT2D eigenvalue weighted by Crippen LogP contribution is 2.48. The van der Waals surface area contributed by atoms with Crippen LogP contribution in [0, 0.1) is 17.8 Å². The topological polar surface area (TPSA) is 29.1 Å². The molecule has 68 valence electrons. The summed E-state index contributed by atoms with van der Waals surface area (Å²) in [5, 5.41) is 2.99. The molecule has 1 amide bonds. The van der Waals surface area contributed by atoms with E-state index in [9.17, 15) is 4.79 Å². The Kier molecular flexibility index (Phi) is 2.07. The Morgan fingerprint density at radius 3 is 2.75 bits per heavy atom. The van der Waals surface area contributed by atoms with Gasteiger partial charge in [-0.3, -0.25) is 4.79 Å². The number of nitrogens with one attached hydrogen (secondary N) is 1. The number of amides is 1. The number of hydrogen-bond donors (Lipinski definition) is 1. The van der Waals surface area contributed by atoms with E-state index in [1.807, 2.05) is 0 Å². The third kappa shape index (κ3) is 1.13. The van der Waals surface area contributed by atoms with E-state index in [2.05, 4.69) is 12.2 Å². The third-order valence-electron chi connectivity index (χ3n) is 3.71. The van der Waals surface area contributed by atoms with Gasteiger partial charge >= 0.3 is 0 Å². The summed E-state index contributed by atoms with van der Waals surface area (Å²) >= 11 is 0. The molecule has 0 saturated heterocycles. The van der Waals surface area contributed by atoms with E-state index in [-0.39, 0.29) is 0 Å². The Balaban J connectivity index is 1.99. The fraction of sp³-hybridized carbons (Fsp3) is 0.900. The van der Waals surface area contributed by atoms with Gasteiger partial charge in [0.05, 0.1) is 0 Å². The monoisotopic (exact) mass is 167 g/mol. The lowest BCUT2D eigenvalue weighted by atomic mass is 9.58. The number of hydrogen-bond acceptors (Lipinski definition) is 1. The normalized spacial score (nSPS) is 44.8. The molecule has 3 aliphatic rings. The van der Waals surface area contributed by atoms with Crippen LogP contribution in [0.1, 0.15) is 32.6 Å². The van der Waals surface area contributed by atoms with Crippen LogP contribution in [0.5, 0.6) is 0 Å². The Bertz CT molecular complexity index is 175. The van der Waals surface area contributed by atoms with Gasteiger partial charge in [-0.15, -0.1) is 0 Å². The lowest BCUT2D eigenvalue weighted by Crippen LogP contribution is -2.52. The average Bonchev–Trinajstić information content (AvgIpc) is 2.03. The first-order valence-electron chi connectivity index (χ1n) is 5.04. The molecule has 12 heavy (non-hydrogen) atoms. The van der Waals surface area contributed by atoms with E-state index in [0.29, 0.717) is 6.04 Å². The second-order valence-corrected chi connectivity index (χ2v) is 4.31. The van der Waals surface area contributed by atoms with Crippen LogP contribution < -0.4 is 5.32 Å². The molecule has 2 bridgehead atoms. The van der Waals surface area contributed by atoms with Crippen molar-refractivity contribution in [1.29, 1.82) is 0 Å². The molecule has 0 aromatic carbocycles. The van der Waals surface area contributed by atoms with Crippen LogP contribution in [0.2, 0.25) is 0 Å². The minimum absolute atomic E-state index is 0.498. The lowest BCUT2D eigenvalue weighted by molar-refractivity contribution is -0.112. The molecule has 0 radical (unpaired) electrons. The molecule has 3 saturated carbocycles. The smallest absolute Gasteiger partial charge is 0.207 e. The zero-order valence-electron chi connectivity index (χ0n) is 7.62. The fourth-order valence-electron chi connectivity index (χ4n) is 3.00. The minimum atomic E-state index is 0.498. The first kappa shape index (κ1) is 8.09. The molecule has 3 aliphatic carbocycles. The van der Waals surface area contributed by atoms with Gasteiger partial charge in [0.15, 0.2) is 0 Å². The van der Waals surface area contributed by atoms with E-state index < -0.39 is 0 Å². The van der Waals surface area contributed by atoms with Crippen molar-refractivity contribution in [2.45, 2.75) is 38.6 Å². The Labute approximate surface area is 73.7 Å². The zero-order chi connectivity index (χ0) is 8.55. The van der Waals surface area contributed by atoms with Gasteiger partial charge in [-0.25, -0.2) is 0 Å². The van der Waals surface area contributed by atoms with Gasteiger partial charge in [0.25, 0.3) is 0 Å². The van der Waals surface area contributed by atoms with E-state index in [1.54, 1.807) is 0 Å². The molecule has 2 heteroatoms. The minimum Gasteiger partial charge on any atom is -0.355 e. The van der Waals surface area contributed by atoms with Crippen molar-refractivity contribution in [1.82, 2.24) is 5.32 Å². The summed E-state index contributed by atoms with van der Waals surface area (Å²) in [7, 11) is 0. The molecule has 0 aromatic rings. The van der Waals surface area contributed by atoms with Gasteiger partial charge in [0.2, 0.25) is 6.41 Å². The van der Waals surface area contributed by atoms with Crippen LogP contribution in [0.4, 0.5) is 0 Å².